The molecule has 0 amide bonds. The van der Waals surface area contributed by atoms with E-state index in [0.29, 0.717) is 0 Å². The lowest BCUT2D eigenvalue weighted by atomic mass is 9.87. The molecule has 21 heavy (non-hydrogen) atoms. The monoisotopic (exact) mass is 288 g/mol. The van der Waals surface area contributed by atoms with Gasteiger partial charge < -0.3 is 15.4 Å². The number of nitrogens with zero attached hydrogens (tertiary/aromatic N) is 1. The molecule has 0 spiro atoms. The highest BCUT2D eigenvalue weighted by molar-refractivity contribution is 5.15. The summed E-state index contributed by atoms with van der Waals surface area (Å²) in [7, 11) is 0. The third-order valence-corrected chi connectivity index (χ3v) is 5.10. The van der Waals surface area contributed by atoms with E-state index in [1.54, 1.807) is 0 Å². The highest BCUT2D eigenvalue weighted by Crippen LogP contribution is 2.25. The number of hydrogen-bond donors (Lipinski definition) is 1. The summed E-state index contributed by atoms with van der Waals surface area (Å²) in [6.07, 6.45) is 5.87. The maximum atomic E-state index is 6.53. The topological polar surface area (TPSA) is 38.5 Å². The molecule has 2 aliphatic heterocycles. The first kappa shape index (κ1) is 15.0. The van der Waals surface area contributed by atoms with Gasteiger partial charge in [-0.2, -0.15) is 0 Å². The third kappa shape index (κ3) is 4.29. The van der Waals surface area contributed by atoms with E-state index in [2.05, 4.69) is 35.2 Å². The molecule has 0 bridgehead atoms. The van der Waals surface area contributed by atoms with E-state index in [9.17, 15) is 0 Å². The summed E-state index contributed by atoms with van der Waals surface area (Å²) in [4.78, 5) is 2.58. The van der Waals surface area contributed by atoms with Crippen molar-refractivity contribution < 1.29 is 4.74 Å². The van der Waals surface area contributed by atoms with Crippen LogP contribution in [0.5, 0.6) is 0 Å². The Hall–Kier alpha value is -0.900. The first-order valence-corrected chi connectivity index (χ1v) is 8.36. The van der Waals surface area contributed by atoms with Crippen LogP contribution in [0.1, 0.15) is 31.2 Å². The minimum atomic E-state index is -0.00941. The van der Waals surface area contributed by atoms with E-state index in [0.717, 1.165) is 38.5 Å². The van der Waals surface area contributed by atoms with E-state index < -0.39 is 0 Å². The molecule has 3 heteroatoms. The highest BCUT2D eigenvalue weighted by Gasteiger charge is 2.31. The molecule has 0 saturated carbocycles. The number of nitrogens with two attached hydrogens (primary N) is 1. The Morgan fingerprint density at radius 2 is 1.76 bits per heavy atom. The van der Waals surface area contributed by atoms with Crippen molar-refractivity contribution in [2.45, 2.75) is 37.6 Å². The Morgan fingerprint density at radius 3 is 2.43 bits per heavy atom. The van der Waals surface area contributed by atoms with Gasteiger partial charge in [0.15, 0.2) is 0 Å². The van der Waals surface area contributed by atoms with Crippen LogP contribution in [0.25, 0.3) is 0 Å². The van der Waals surface area contributed by atoms with Gasteiger partial charge in [0.2, 0.25) is 0 Å². The maximum absolute atomic E-state index is 6.53. The molecule has 0 aromatic heterocycles. The van der Waals surface area contributed by atoms with Gasteiger partial charge in [0.25, 0.3) is 0 Å². The molecule has 0 aliphatic carbocycles. The molecule has 2 saturated heterocycles. The van der Waals surface area contributed by atoms with Crippen molar-refractivity contribution in [3.05, 3.63) is 35.9 Å². The van der Waals surface area contributed by atoms with Gasteiger partial charge in [-0.25, -0.2) is 0 Å². The summed E-state index contributed by atoms with van der Waals surface area (Å²) in [5.74, 6) is 0.840. The molecule has 116 valence electrons. The highest BCUT2D eigenvalue weighted by atomic mass is 16.5. The summed E-state index contributed by atoms with van der Waals surface area (Å²) in [6.45, 7) is 5.13. The Labute approximate surface area is 128 Å². The van der Waals surface area contributed by atoms with Crippen LogP contribution in [0.3, 0.4) is 0 Å². The molecule has 1 aromatic rings. The number of piperidine rings is 1. The van der Waals surface area contributed by atoms with Crippen molar-refractivity contribution in [2.24, 2.45) is 11.7 Å². The van der Waals surface area contributed by atoms with E-state index in [4.69, 9.17) is 10.5 Å². The minimum Gasteiger partial charge on any atom is -0.381 e. The standard InChI is InChI=1S/C18H28N2O/c19-18(8-12-21-13-9-18)15-20-10-6-17(7-11-20)14-16-4-2-1-3-5-16/h1-5,17H,6-15,19H2. The molecule has 2 N–H and O–H groups in total. The molecule has 3 nitrogen and oxygen atoms in total. The molecular weight excluding hydrogens is 260 g/mol. The zero-order chi connectivity index (χ0) is 14.5. The Bertz CT molecular complexity index is 420. The lowest BCUT2D eigenvalue weighted by molar-refractivity contribution is 0.0320. The van der Waals surface area contributed by atoms with Gasteiger partial charge in [0, 0.05) is 25.3 Å². The lowest BCUT2D eigenvalue weighted by Crippen LogP contribution is -2.54. The smallest absolute Gasteiger partial charge is 0.0484 e. The summed E-state index contributed by atoms with van der Waals surface area (Å²) in [6, 6.07) is 10.9. The molecule has 2 fully saturated rings. The first-order valence-electron chi connectivity index (χ1n) is 8.36. The number of ether oxygens (including phenoxy) is 1. The van der Waals surface area contributed by atoms with E-state index in [1.165, 1.54) is 37.9 Å². The zero-order valence-electron chi connectivity index (χ0n) is 13.0. The first-order chi connectivity index (χ1) is 10.2. The molecule has 0 unspecified atom stereocenters. The second-order valence-corrected chi connectivity index (χ2v) is 6.88. The second kappa shape index (κ2) is 6.91. The fraction of sp³-hybridized carbons (Fsp3) is 0.667. The zero-order valence-corrected chi connectivity index (χ0v) is 13.0. The molecule has 0 radical (unpaired) electrons. The van der Waals surface area contributed by atoms with Gasteiger partial charge >= 0.3 is 0 Å². The average Bonchev–Trinajstić information content (AvgIpc) is 2.51. The summed E-state index contributed by atoms with van der Waals surface area (Å²) in [5.41, 5.74) is 8.00. The van der Waals surface area contributed by atoms with E-state index in [-0.39, 0.29) is 5.54 Å². The van der Waals surface area contributed by atoms with Crippen molar-refractivity contribution in [2.75, 3.05) is 32.8 Å². The van der Waals surface area contributed by atoms with E-state index >= 15 is 0 Å². The van der Waals surface area contributed by atoms with Gasteiger partial charge in [-0.3, -0.25) is 0 Å². The van der Waals surface area contributed by atoms with Crippen LogP contribution in [-0.4, -0.2) is 43.3 Å². The fourth-order valence-corrected chi connectivity index (χ4v) is 3.68. The van der Waals surface area contributed by atoms with Crippen LogP contribution in [0, 0.1) is 5.92 Å². The van der Waals surface area contributed by atoms with Crippen LogP contribution in [0.4, 0.5) is 0 Å². The van der Waals surface area contributed by atoms with Gasteiger partial charge in [-0.15, -0.1) is 0 Å². The largest absolute Gasteiger partial charge is 0.381 e. The second-order valence-electron chi connectivity index (χ2n) is 6.88. The van der Waals surface area contributed by atoms with Crippen LogP contribution in [0.2, 0.25) is 0 Å². The normalized spacial score (nSPS) is 24.0. The minimum absolute atomic E-state index is 0.00941. The van der Waals surface area contributed by atoms with Gasteiger partial charge in [0.1, 0.15) is 0 Å². The number of hydrogen-bond acceptors (Lipinski definition) is 3. The van der Waals surface area contributed by atoms with Gasteiger partial charge in [-0.05, 0) is 56.7 Å². The SMILES string of the molecule is NC1(CN2CCC(Cc3ccccc3)CC2)CCOCC1. The predicted octanol–water partition coefficient (Wildman–Crippen LogP) is 2.45. The number of benzene rings is 1. The Kier molecular flexibility index (Phi) is 4.94. The molecule has 1 aromatic carbocycles. The van der Waals surface area contributed by atoms with Crippen molar-refractivity contribution in [1.82, 2.24) is 4.90 Å². The summed E-state index contributed by atoms with van der Waals surface area (Å²) >= 11 is 0. The molecule has 2 aliphatic rings. The van der Waals surface area contributed by atoms with Crippen LogP contribution < -0.4 is 5.73 Å². The summed E-state index contributed by atoms with van der Waals surface area (Å²) in [5, 5.41) is 0. The van der Waals surface area contributed by atoms with Crippen LogP contribution >= 0.6 is 0 Å². The van der Waals surface area contributed by atoms with E-state index in [1.807, 2.05) is 0 Å². The molecule has 2 heterocycles. The van der Waals surface area contributed by atoms with Crippen molar-refractivity contribution in [3.8, 4) is 0 Å². The Morgan fingerprint density at radius 1 is 1.10 bits per heavy atom. The van der Waals surface area contributed by atoms with Crippen molar-refractivity contribution in [3.63, 3.8) is 0 Å². The van der Waals surface area contributed by atoms with Gasteiger partial charge in [-0.1, -0.05) is 30.3 Å². The van der Waals surface area contributed by atoms with Crippen molar-refractivity contribution >= 4 is 0 Å². The molecule has 0 atom stereocenters. The third-order valence-electron chi connectivity index (χ3n) is 5.10. The van der Waals surface area contributed by atoms with Crippen LogP contribution in [-0.2, 0) is 11.2 Å². The lowest BCUT2D eigenvalue weighted by Gasteiger charge is -2.40. The quantitative estimate of drug-likeness (QED) is 0.925. The number of likely N-dealkylation sites (tertiary alicyclic amines) is 1. The maximum Gasteiger partial charge on any atom is 0.0484 e. The Balaban J connectivity index is 1.44. The molecular formula is C18H28N2O. The predicted molar refractivity (Wildman–Crippen MR) is 86.3 cm³/mol. The summed E-state index contributed by atoms with van der Waals surface area (Å²) < 4.78 is 5.44. The molecule has 3 rings (SSSR count). The van der Waals surface area contributed by atoms with Crippen LogP contribution in [0.15, 0.2) is 30.3 Å². The fourth-order valence-electron chi connectivity index (χ4n) is 3.68. The average molecular weight is 288 g/mol. The number of rotatable bonds is 4. The van der Waals surface area contributed by atoms with Crippen molar-refractivity contribution in [1.29, 1.82) is 0 Å². The van der Waals surface area contributed by atoms with Gasteiger partial charge in [0.05, 0.1) is 0 Å².